The first-order chi connectivity index (χ1) is 7.56. The van der Waals surface area contributed by atoms with Gasteiger partial charge in [-0.15, -0.1) is 0 Å². The number of hydrogen-bond donors (Lipinski definition) is 0. The van der Waals surface area contributed by atoms with Crippen LogP contribution in [0.4, 0.5) is 0 Å². The molecule has 0 saturated carbocycles. The Hall–Kier alpha value is -1.56. The summed E-state index contributed by atoms with van der Waals surface area (Å²) in [7, 11) is -2.46. The van der Waals surface area contributed by atoms with Gasteiger partial charge in [0.25, 0.3) is 0 Å². The van der Waals surface area contributed by atoms with E-state index in [9.17, 15) is 8.42 Å². The summed E-state index contributed by atoms with van der Waals surface area (Å²) in [5.41, 5.74) is 9.12. The molecular weight excluding hydrogens is 228 g/mol. The van der Waals surface area contributed by atoms with Gasteiger partial charge in [0.2, 0.25) is 0 Å². The van der Waals surface area contributed by atoms with Gasteiger partial charge in [-0.1, -0.05) is 30.3 Å². The highest BCUT2D eigenvalue weighted by atomic mass is 32.2. The molecule has 0 aliphatic rings. The van der Waals surface area contributed by atoms with Crippen molar-refractivity contribution >= 4 is 10.2 Å². The van der Waals surface area contributed by atoms with Crippen molar-refractivity contribution in [1.82, 2.24) is 4.31 Å². The standard InChI is InChI=1S/C9H12N4O2S/c1-13(16(14,15)12-11-10)8-7-9-5-3-2-4-6-9/h2-6H,7-8H2,1H3. The van der Waals surface area contributed by atoms with E-state index in [4.69, 9.17) is 5.53 Å². The van der Waals surface area contributed by atoms with Crippen molar-refractivity contribution in [1.29, 1.82) is 0 Å². The summed E-state index contributed by atoms with van der Waals surface area (Å²) >= 11 is 0. The first kappa shape index (κ1) is 12.5. The molecule has 0 bridgehead atoms. The van der Waals surface area contributed by atoms with Crippen LogP contribution in [-0.2, 0) is 16.6 Å². The predicted molar refractivity (Wildman–Crippen MR) is 60.8 cm³/mol. The van der Waals surface area contributed by atoms with Crippen molar-refractivity contribution in [3.63, 3.8) is 0 Å². The Morgan fingerprint density at radius 1 is 1.38 bits per heavy atom. The molecule has 0 heterocycles. The molecule has 0 spiro atoms. The van der Waals surface area contributed by atoms with Crippen molar-refractivity contribution in [2.75, 3.05) is 13.6 Å². The first-order valence-corrected chi connectivity index (χ1v) is 6.02. The molecule has 16 heavy (non-hydrogen) atoms. The van der Waals surface area contributed by atoms with E-state index in [0.29, 0.717) is 6.42 Å². The van der Waals surface area contributed by atoms with Gasteiger partial charge in [-0.3, -0.25) is 0 Å². The molecule has 7 heteroatoms. The summed E-state index contributed by atoms with van der Waals surface area (Å²) in [6, 6.07) is 9.49. The van der Waals surface area contributed by atoms with Crippen molar-refractivity contribution in [2.24, 2.45) is 4.52 Å². The summed E-state index contributed by atoms with van der Waals surface area (Å²) in [6.45, 7) is 0.283. The predicted octanol–water partition coefficient (Wildman–Crippen LogP) is 1.72. The third-order valence-electron chi connectivity index (χ3n) is 2.09. The zero-order chi connectivity index (χ0) is 12.0. The average molecular weight is 240 g/mol. The van der Waals surface area contributed by atoms with Gasteiger partial charge in [-0.25, -0.2) is 8.42 Å². The lowest BCUT2D eigenvalue weighted by Crippen LogP contribution is -2.26. The Morgan fingerprint density at radius 3 is 2.56 bits per heavy atom. The lowest BCUT2D eigenvalue weighted by Gasteiger charge is -2.12. The summed E-state index contributed by atoms with van der Waals surface area (Å²) in [4.78, 5) is 2.28. The minimum absolute atomic E-state index is 0.283. The molecule has 1 rings (SSSR count). The molecular formula is C9H12N4O2S. The van der Waals surface area contributed by atoms with E-state index in [-0.39, 0.29) is 6.54 Å². The summed E-state index contributed by atoms with van der Waals surface area (Å²) in [5, 5.41) is 0. The van der Waals surface area contributed by atoms with E-state index in [2.05, 4.69) is 9.43 Å². The summed E-state index contributed by atoms with van der Waals surface area (Å²) in [6.07, 6.45) is 0.581. The first-order valence-electron chi connectivity index (χ1n) is 4.63. The van der Waals surface area contributed by atoms with Gasteiger partial charge in [0.05, 0.1) is 0 Å². The van der Waals surface area contributed by atoms with Crippen LogP contribution in [0.1, 0.15) is 5.56 Å². The van der Waals surface area contributed by atoms with Crippen molar-refractivity contribution < 1.29 is 8.42 Å². The Kier molecular flexibility index (Phi) is 4.30. The van der Waals surface area contributed by atoms with E-state index >= 15 is 0 Å². The number of azide groups is 1. The zero-order valence-corrected chi connectivity index (χ0v) is 9.63. The molecule has 0 aliphatic heterocycles. The van der Waals surface area contributed by atoms with Crippen LogP contribution in [0.5, 0.6) is 0 Å². The van der Waals surface area contributed by atoms with Gasteiger partial charge in [0, 0.05) is 23.0 Å². The van der Waals surface area contributed by atoms with E-state index in [0.717, 1.165) is 9.87 Å². The third-order valence-corrected chi connectivity index (χ3v) is 3.34. The second kappa shape index (κ2) is 5.50. The van der Waals surface area contributed by atoms with Crippen LogP contribution in [0, 0.1) is 0 Å². The smallest absolute Gasteiger partial charge is 0.204 e. The Morgan fingerprint density at radius 2 is 2.00 bits per heavy atom. The molecule has 0 amide bonds. The van der Waals surface area contributed by atoms with Crippen LogP contribution in [-0.4, -0.2) is 26.3 Å². The maximum atomic E-state index is 11.3. The normalized spacial score (nSPS) is 11.1. The highest BCUT2D eigenvalue weighted by Crippen LogP contribution is 2.04. The molecule has 0 radical (unpaired) electrons. The van der Waals surface area contributed by atoms with Crippen LogP contribution in [0.2, 0.25) is 0 Å². The van der Waals surface area contributed by atoms with Gasteiger partial charge in [0.1, 0.15) is 0 Å². The largest absolute Gasteiger partial charge is 0.302 e. The highest BCUT2D eigenvalue weighted by Gasteiger charge is 2.14. The van der Waals surface area contributed by atoms with Gasteiger partial charge < -0.3 is 0 Å². The van der Waals surface area contributed by atoms with E-state index in [1.807, 2.05) is 30.3 Å². The molecule has 0 saturated heterocycles. The Bertz CT molecular complexity index is 479. The fraction of sp³-hybridized carbons (Fsp3) is 0.333. The minimum Gasteiger partial charge on any atom is -0.204 e. The van der Waals surface area contributed by atoms with Gasteiger partial charge in [-0.2, -0.15) is 4.31 Å². The van der Waals surface area contributed by atoms with Crippen molar-refractivity contribution in [3.05, 3.63) is 46.3 Å². The van der Waals surface area contributed by atoms with Gasteiger partial charge in [-0.05, 0) is 17.5 Å². The quantitative estimate of drug-likeness (QED) is 0.445. The van der Waals surface area contributed by atoms with Crippen LogP contribution in [0.3, 0.4) is 0 Å². The maximum Gasteiger partial charge on any atom is 0.302 e. The van der Waals surface area contributed by atoms with E-state index < -0.39 is 10.2 Å². The Balaban J connectivity index is 2.60. The lowest BCUT2D eigenvalue weighted by molar-refractivity contribution is 0.473. The number of nitrogens with zero attached hydrogens (tertiary/aromatic N) is 4. The maximum absolute atomic E-state index is 11.3. The second-order valence-electron chi connectivity index (χ2n) is 3.21. The van der Waals surface area contributed by atoms with Crippen molar-refractivity contribution in [3.8, 4) is 0 Å². The molecule has 6 nitrogen and oxygen atoms in total. The van der Waals surface area contributed by atoms with E-state index in [1.165, 1.54) is 7.05 Å². The fourth-order valence-corrected chi connectivity index (χ4v) is 1.69. The fourth-order valence-electron chi connectivity index (χ4n) is 1.16. The SMILES string of the molecule is CN(CCc1ccccc1)S(=O)(=O)N=[N+]=[N-]. The number of likely N-dealkylation sites (N-methyl/N-ethyl adjacent to an activating group) is 1. The van der Waals surface area contributed by atoms with Crippen molar-refractivity contribution in [2.45, 2.75) is 6.42 Å². The Labute approximate surface area is 94.3 Å². The minimum atomic E-state index is -3.84. The molecule has 0 aromatic heterocycles. The summed E-state index contributed by atoms with van der Waals surface area (Å²) in [5.74, 6) is 0. The number of hydrogen-bond acceptors (Lipinski definition) is 2. The average Bonchev–Trinajstić information content (AvgIpc) is 2.27. The lowest BCUT2D eigenvalue weighted by atomic mass is 10.2. The second-order valence-corrected chi connectivity index (χ2v) is 4.89. The topological polar surface area (TPSA) is 86.1 Å². The molecule has 1 aromatic rings. The molecule has 1 aromatic carbocycles. The zero-order valence-electron chi connectivity index (χ0n) is 8.81. The van der Waals surface area contributed by atoms with Gasteiger partial charge in [0.15, 0.2) is 0 Å². The monoisotopic (exact) mass is 240 g/mol. The van der Waals surface area contributed by atoms with Gasteiger partial charge >= 0.3 is 10.2 Å². The third kappa shape index (κ3) is 3.54. The number of benzene rings is 1. The molecule has 0 aliphatic carbocycles. The number of rotatable bonds is 5. The molecule has 0 N–H and O–H groups in total. The van der Waals surface area contributed by atoms with Crippen LogP contribution < -0.4 is 0 Å². The van der Waals surface area contributed by atoms with E-state index in [1.54, 1.807) is 0 Å². The highest BCUT2D eigenvalue weighted by molar-refractivity contribution is 7.87. The molecule has 0 atom stereocenters. The van der Waals surface area contributed by atoms with Crippen LogP contribution >= 0.6 is 0 Å². The van der Waals surface area contributed by atoms with Crippen LogP contribution in [0.25, 0.3) is 10.4 Å². The molecule has 0 fully saturated rings. The molecule has 0 unspecified atom stereocenters. The molecule has 86 valence electrons. The summed E-state index contributed by atoms with van der Waals surface area (Å²) < 4.78 is 26.3. The van der Waals surface area contributed by atoms with Crippen LogP contribution in [0.15, 0.2) is 34.9 Å².